The van der Waals surface area contributed by atoms with Crippen LogP contribution >= 0.6 is 0 Å². The highest BCUT2D eigenvalue weighted by atomic mass is 15.1. The predicted octanol–water partition coefficient (Wildman–Crippen LogP) is 7.83. The smallest absolute Gasteiger partial charge is 0.116 e. The van der Waals surface area contributed by atoms with Crippen LogP contribution < -0.4 is 5.32 Å². The average Bonchev–Trinajstić information content (AvgIpc) is 3.39. The summed E-state index contributed by atoms with van der Waals surface area (Å²) in [6.07, 6.45) is 17.5. The number of benzene rings is 2. The number of fused-ring (bicyclic) bond motifs is 1. The highest BCUT2D eigenvalue weighted by Gasteiger charge is 2.13. The molecule has 2 N–H and O–H groups in total. The summed E-state index contributed by atoms with van der Waals surface area (Å²) >= 11 is 0. The van der Waals surface area contributed by atoms with Gasteiger partial charge in [0, 0.05) is 17.6 Å². The van der Waals surface area contributed by atoms with E-state index in [0.29, 0.717) is 0 Å². The minimum absolute atomic E-state index is 0.764. The zero-order chi connectivity index (χ0) is 26.7. The van der Waals surface area contributed by atoms with Gasteiger partial charge in [-0.2, -0.15) is 5.10 Å². The second-order valence-electron chi connectivity index (χ2n) is 9.78. The number of hydrogen-bond donors (Lipinski definition) is 2. The fourth-order valence-corrected chi connectivity index (χ4v) is 4.88. The second kappa shape index (κ2) is 13.6. The van der Waals surface area contributed by atoms with Crippen LogP contribution in [0.15, 0.2) is 109 Å². The largest absolute Gasteiger partial charge is 0.354 e. The highest BCUT2D eigenvalue weighted by molar-refractivity contribution is 5.93. The van der Waals surface area contributed by atoms with Gasteiger partial charge in [0.25, 0.3) is 0 Å². The van der Waals surface area contributed by atoms with E-state index in [-0.39, 0.29) is 0 Å². The number of hydrogen-bond acceptors (Lipinski definition) is 3. The molecule has 38 heavy (non-hydrogen) atoms. The first-order chi connectivity index (χ1) is 18.6. The van der Waals surface area contributed by atoms with Crippen molar-refractivity contribution in [3.63, 3.8) is 0 Å². The van der Waals surface area contributed by atoms with Gasteiger partial charge in [0.05, 0.1) is 11.2 Å². The molecule has 0 bridgehead atoms. The average molecular weight is 505 g/mol. The van der Waals surface area contributed by atoms with Gasteiger partial charge in [0.15, 0.2) is 0 Å². The SMILES string of the molecule is C=C/C(=C\C(=C/C)c1ccc2[nH]nc(C(=C)NC(/C=C\Cc3ccccc3)=C/C)c2c1)CN1CCCCC1. The van der Waals surface area contributed by atoms with Crippen molar-refractivity contribution in [1.82, 2.24) is 20.4 Å². The van der Waals surface area contributed by atoms with E-state index >= 15 is 0 Å². The third-order valence-corrected chi connectivity index (χ3v) is 7.05. The van der Waals surface area contributed by atoms with Gasteiger partial charge >= 0.3 is 0 Å². The first-order valence-corrected chi connectivity index (χ1v) is 13.6. The summed E-state index contributed by atoms with van der Waals surface area (Å²) in [6, 6.07) is 16.9. The molecule has 1 aromatic heterocycles. The lowest BCUT2D eigenvalue weighted by Gasteiger charge is -2.26. The van der Waals surface area contributed by atoms with Gasteiger partial charge in [-0.15, -0.1) is 0 Å². The topological polar surface area (TPSA) is 44.0 Å². The Morgan fingerprint density at radius 2 is 1.84 bits per heavy atom. The number of H-pyrrole nitrogens is 1. The van der Waals surface area contributed by atoms with E-state index in [9.17, 15) is 0 Å². The van der Waals surface area contributed by atoms with Crippen LogP contribution in [0.3, 0.4) is 0 Å². The lowest BCUT2D eigenvalue weighted by Crippen LogP contribution is -2.31. The molecule has 1 saturated heterocycles. The monoisotopic (exact) mass is 504 g/mol. The first kappa shape index (κ1) is 27.2. The molecule has 1 fully saturated rings. The summed E-state index contributed by atoms with van der Waals surface area (Å²) in [4.78, 5) is 2.53. The van der Waals surface area contributed by atoms with E-state index in [1.165, 1.54) is 49.1 Å². The van der Waals surface area contributed by atoms with Crippen molar-refractivity contribution in [2.45, 2.75) is 39.5 Å². The molecule has 4 nitrogen and oxygen atoms in total. The number of allylic oxidation sites excluding steroid dienone is 6. The molecule has 0 atom stereocenters. The Bertz CT molecular complexity index is 1360. The molecule has 0 radical (unpaired) electrons. The molecule has 0 amide bonds. The van der Waals surface area contributed by atoms with E-state index in [1.807, 2.05) is 19.1 Å². The molecule has 3 aromatic rings. The fraction of sp³-hybridized carbons (Fsp3) is 0.265. The van der Waals surface area contributed by atoms with Crippen molar-refractivity contribution in [3.8, 4) is 0 Å². The van der Waals surface area contributed by atoms with Crippen LogP contribution in [-0.2, 0) is 6.42 Å². The third-order valence-electron chi connectivity index (χ3n) is 7.05. The van der Waals surface area contributed by atoms with Gasteiger partial charge in [-0.3, -0.25) is 10.00 Å². The van der Waals surface area contributed by atoms with Crippen molar-refractivity contribution < 1.29 is 0 Å². The molecule has 4 heteroatoms. The number of rotatable bonds is 11. The Morgan fingerprint density at radius 3 is 2.55 bits per heavy atom. The number of aromatic nitrogens is 2. The molecule has 0 aliphatic carbocycles. The molecule has 196 valence electrons. The molecule has 1 aliphatic heterocycles. The number of piperidine rings is 1. The van der Waals surface area contributed by atoms with Crippen LogP contribution in [0.25, 0.3) is 22.2 Å². The van der Waals surface area contributed by atoms with E-state index in [1.54, 1.807) is 0 Å². The predicted molar refractivity (Wildman–Crippen MR) is 164 cm³/mol. The van der Waals surface area contributed by atoms with Gasteiger partial charge < -0.3 is 5.32 Å². The summed E-state index contributed by atoms with van der Waals surface area (Å²) in [5.41, 5.74) is 8.44. The normalized spacial score (nSPS) is 15.8. The quantitative estimate of drug-likeness (QED) is 0.262. The van der Waals surface area contributed by atoms with Crippen LogP contribution in [-0.4, -0.2) is 34.7 Å². The van der Waals surface area contributed by atoms with E-state index in [4.69, 9.17) is 0 Å². The van der Waals surface area contributed by atoms with Crippen molar-refractivity contribution >= 4 is 22.2 Å². The molecule has 0 unspecified atom stereocenters. The van der Waals surface area contributed by atoms with Crippen molar-refractivity contribution in [2.24, 2.45) is 0 Å². The Morgan fingerprint density at radius 1 is 1.05 bits per heavy atom. The molecule has 0 saturated carbocycles. The molecule has 2 heterocycles. The van der Waals surface area contributed by atoms with E-state index < -0.39 is 0 Å². The van der Waals surface area contributed by atoms with Crippen molar-refractivity contribution in [2.75, 3.05) is 19.6 Å². The molecule has 1 aliphatic rings. The van der Waals surface area contributed by atoms with Crippen LogP contribution in [0.2, 0.25) is 0 Å². The zero-order valence-electron chi connectivity index (χ0n) is 22.8. The lowest BCUT2D eigenvalue weighted by molar-refractivity contribution is 0.248. The highest BCUT2D eigenvalue weighted by Crippen LogP contribution is 2.27. The van der Waals surface area contributed by atoms with E-state index in [2.05, 4.69) is 113 Å². The molecule has 2 aromatic carbocycles. The van der Waals surface area contributed by atoms with Crippen LogP contribution in [0.4, 0.5) is 0 Å². The molecule has 0 spiro atoms. The maximum absolute atomic E-state index is 4.60. The Kier molecular flexibility index (Phi) is 9.71. The summed E-state index contributed by atoms with van der Waals surface area (Å²) in [5, 5.41) is 12.3. The Balaban J connectivity index is 1.50. The third kappa shape index (κ3) is 7.11. The van der Waals surface area contributed by atoms with Gasteiger partial charge in [0.2, 0.25) is 0 Å². The number of nitrogens with zero attached hydrogens (tertiary/aromatic N) is 2. The maximum Gasteiger partial charge on any atom is 0.116 e. The van der Waals surface area contributed by atoms with Gasteiger partial charge in [-0.25, -0.2) is 0 Å². The maximum atomic E-state index is 4.60. The summed E-state index contributed by atoms with van der Waals surface area (Å²) in [6.45, 7) is 15.8. The van der Waals surface area contributed by atoms with Crippen LogP contribution in [0.1, 0.15) is 49.9 Å². The van der Waals surface area contributed by atoms with Gasteiger partial charge in [-0.05, 0) is 86.7 Å². The van der Waals surface area contributed by atoms with Crippen molar-refractivity contribution in [1.29, 1.82) is 0 Å². The number of nitrogens with one attached hydrogen (secondary N) is 2. The summed E-state index contributed by atoms with van der Waals surface area (Å²) in [7, 11) is 0. The first-order valence-electron chi connectivity index (χ1n) is 13.6. The fourth-order valence-electron chi connectivity index (χ4n) is 4.88. The molecule has 4 rings (SSSR count). The summed E-state index contributed by atoms with van der Waals surface area (Å²) in [5.74, 6) is 0. The van der Waals surface area contributed by atoms with Crippen molar-refractivity contribution in [3.05, 3.63) is 126 Å². The Labute approximate surface area is 227 Å². The summed E-state index contributed by atoms with van der Waals surface area (Å²) < 4.78 is 0. The van der Waals surface area contributed by atoms with Gasteiger partial charge in [0.1, 0.15) is 5.69 Å². The molecular formula is C34H40N4. The lowest BCUT2D eigenvalue weighted by atomic mass is 9.99. The number of aromatic amines is 1. The zero-order valence-corrected chi connectivity index (χ0v) is 22.8. The minimum Gasteiger partial charge on any atom is -0.354 e. The van der Waals surface area contributed by atoms with Crippen LogP contribution in [0, 0.1) is 0 Å². The second-order valence-corrected chi connectivity index (χ2v) is 9.78. The number of likely N-dealkylation sites (tertiary alicyclic amines) is 1. The molecular weight excluding hydrogens is 464 g/mol. The van der Waals surface area contributed by atoms with Crippen LogP contribution in [0.5, 0.6) is 0 Å². The minimum atomic E-state index is 0.764. The standard InChI is InChI=1S/C34H40N4/c1-5-27(25-38-21-12-9-13-22-38)23-29(6-2)30-19-20-33-32(24-30)34(37-36-33)26(4)35-31(7-3)18-14-17-28-15-10-8-11-16-28/h5-8,10-11,14-16,18-20,23-24,35H,1,4,9,12-13,17,21-22,25H2,2-3H3,(H,36,37)/b18-14-,27-23+,29-6+,31-7+. The Hall–Kier alpha value is -3.89. The van der Waals surface area contributed by atoms with Gasteiger partial charge in [-0.1, -0.05) is 86.4 Å². The van der Waals surface area contributed by atoms with E-state index in [0.717, 1.165) is 46.5 Å².